The van der Waals surface area contributed by atoms with Crippen LogP contribution < -0.4 is 0 Å². The van der Waals surface area contributed by atoms with E-state index in [1.165, 1.54) is 6.07 Å². The minimum Gasteiger partial charge on any atom is -0.378 e. The lowest BCUT2D eigenvalue weighted by atomic mass is 9.94. The average Bonchev–Trinajstić information content (AvgIpc) is 2.70. The van der Waals surface area contributed by atoms with Crippen LogP contribution in [-0.4, -0.2) is 18.1 Å². The largest absolute Gasteiger partial charge is 0.378 e. The number of hydrogen-bond donors (Lipinski definition) is 0. The van der Waals surface area contributed by atoms with Gasteiger partial charge in [-0.25, -0.2) is 8.78 Å². The smallest absolute Gasteiger partial charge is 0.159 e. The molecule has 3 unspecified atom stereocenters. The fraction of sp³-hybridized carbons (Fsp3) is 0.538. The summed E-state index contributed by atoms with van der Waals surface area (Å²) in [6.45, 7) is 2.73. The second-order valence-electron chi connectivity index (χ2n) is 4.50. The van der Waals surface area contributed by atoms with Gasteiger partial charge in [-0.2, -0.15) is 0 Å². The maximum atomic E-state index is 13.0. The first-order valence-electron chi connectivity index (χ1n) is 5.77. The van der Waals surface area contributed by atoms with Gasteiger partial charge in [0, 0.05) is 17.9 Å². The monoisotopic (exact) mass is 260 g/mol. The van der Waals surface area contributed by atoms with Gasteiger partial charge in [0.15, 0.2) is 11.6 Å². The van der Waals surface area contributed by atoms with Crippen molar-refractivity contribution in [3.8, 4) is 0 Å². The molecule has 4 heteroatoms. The molecular weight excluding hydrogens is 246 g/mol. The van der Waals surface area contributed by atoms with Gasteiger partial charge in [-0.15, -0.1) is 11.6 Å². The number of benzene rings is 1. The van der Waals surface area contributed by atoms with Gasteiger partial charge in [-0.3, -0.25) is 0 Å². The summed E-state index contributed by atoms with van der Waals surface area (Å²) in [5.74, 6) is -1.36. The average molecular weight is 261 g/mol. The first kappa shape index (κ1) is 12.8. The van der Waals surface area contributed by atoms with Crippen molar-refractivity contribution in [2.75, 3.05) is 6.61 Å². The van der Waals surface area contributed by atoms with Crippen molar-refractivity contribution in [3.05, 3.63) is 35.4 Å². The molecule has 0 aromatic heterocycles. The molecular formula is C13H15ClF2O. The highest BCUT2D eigenvalue weighted by Gasteiger charge is 2.30. The van der Waals surface area contributed by atoms with Crippen LogP contribution in [-0.2, 0) is 11.2 Å². The van der Waals surface area contributed by atoms with Crippen molar-refractivity contribution in [2.45, 2.75) is 31.2 Å². The topological polar surface area (TPSA) is 9.23 Å². The van der Waals surface area contributed by atoms with E-state index in [9.17, 15) is 8.78 Å². The second-order valence-corrected chi connectivity index (χ2v) is 5.06. The normalized spacial score (nSPS) is 26.1. The molecule has 0 bridgehead atoms. The van der Waals surface area contributed by atoms with Crippen LogP contribution in [0.1, 0.15) is 18.9 Å². The van der Waals surface area contributed by atoms with E-state index in [4.69, 9.17) is 16.3 Å². The standard InChI is InChI=1S/C13H15ClF2O/c1-8-10(4-5-17-8)11(14)6-9-2-3-12(15)13(16)7-9/h2-3,7-8,10-11H,4-6H2,1H3. The molecule has 94 valence electrons. The SMILES string of the molecule is CC1OCCC1C(Cl)Cc1ccc(F)c(F)c1. The van der Waals surface area contributed by atoms with E-state index in [0.29, 0.717) is 6.42 Å². The molecule has 0 radical (unpaired) electrons. The summed E-state index contributed by atoms with van der Waals surface area (Å²) in [6.07, 6.45) is 1.61. The molecule has 1 nitrogen and oxygen atoms in total. The molecule has 0 amide bonds. The third kappa shape index (κ3) is 2.96. The molecule has 1 aliphatic rings. The fourth-order valence-corrected chi connectivity index (χ4v) is 2.78. The fourth-order valence-electron chi connectivity index (χ4n) is 2.27. The number of halogens is 3. The lowest BCUT2D eigenvalue weighted by Crippen LogP contribution is -2.23. The highest BCUT2D eigenvalue weighted by Crippen LogP contribution is 2.29. The van der Waals surface area contributed by atoms with Crippen molar-refractivity contribution >= 4 is 11.6 Å². The summed E-state index contributed by atoms with van der Waals surface area (Å²) >= 11 is 6.31. The number of rotatable bonds is 3. The van der Waals surface area contributed by atoms with Crippen LogP contribution >= 0.6 is 11.6 Å². The zero-order valence-corrected chi connectivity index (χ0v) is 10.4. The summed E-state index contributed by atoms with van der Waals surface area (Å²) in [6, 6.07) is 3.93. The van der Waals surface area contributed by atoms with E-state index in [1.807, 2.05) is 6.92 Å². The van der Waals surface area contributed by atoms with Crippen molar-refractivity contribution in [2.24, 2.45) is 5.92 Å². The van der Waals surface area contributed by atoms with Crippen LogP contribution in [0, 0.1) is 17.6 Å². The molecule has 0 spiro atoms. The zero-order chi connectivity index (χ0) is 12.4. The van der Waals surface area contributed by atoms with E-state index < -0.39 is 11.6 Å². The Bertz CT molecular complexity index is 397. The highest BCUT2D eigenvalue weighted by molar-refractivity contribution is 6.21. The third-order valence-corrected chi connectivity index (χ3v) is 3.79. The van der Waals surface area contributed by atoms with Gasteiger partial charge >= 0.3 is 0 Å². The summed E-state index contributed by atoms with van der Waals surface area (Å²) in [7, 11) is 0. The zero-order valence-electron chi connectivity index (χ0n) is 9.63. The van der Waals surface area contributed by atoms with Crippen LogP contribution in [0.2, 0.25) is 0 Å². The van der Waals surface area contributed by atoms with Gasteiger partial charge in [0.25, 0.3) is 0 Å². The third-order valence-electron chi connectivity index (χ3n) is 3.31. The minimum atomic E-state index is -0.822. The number of hydrogen-bond acceptors (Lipinski definition) is 1. The van der Waals surface area contributed by atoms with E-state index in [2.05, 4.69) is 0 Å². The lowest BCUT2D eigenvalue weighted by molar-refractivity contribution is 0.105. The minimum absolute atomic E-state index is 0.0997. The summed E-state index contributed by atoms with van der Waals surface area (Å²) in [5.41, 5.74) is 0.725. The molecule has 17 heavy (non-hydrogen) atoms. The second kappa shape index (κ2) is 5.32. The van der Waals surface area contributed by atoms with Gasteiger partial charge in [-0.05, 0) is 37.5 Å². The Balaban J connectivity index is 2.02. The summed E-state index contributed by atoms with van der Waals surface area (Å²) in [5, 5.41) is -0.0997. The van der Waals surface area contributed by atoms with Crippen molar-refractivity contribution in [1.82, 2.24) is 0 Å². The molecule has 0 saturated carbocycles. The first-order chi connectivity index (χ1) is 8.08. The van der Waals surface area contributed by atoms with Crippen LogP contribution in [0.25, 0.3) is 0 Å². The maximum absolute atomic E-state index is 13.0. The van der Waals surface area contributed by atoms with Crippen molar-refractivity contribution < 1.29 is 13.5 Å². The molecule has 3 atom stereocenters. The van der Waals surface area contributed by atoms with E-state index in [0.717, 1.165) is 24.7 Å². The Morgan fingerprint density at radius 1 is 1.41 bits per heavy atom. The van der Waals surface area contributed by atoms with Crippen molar-refractivity contribution in [1.29, 1.82) is 0 Å². The van der Waals surface area contributed by atoms with Crippen LogP contribution in [0.5, 0.6) is 0 Å². The molecule has 1 heterocycles. The van der Waals surface area contributed by atoms with Gasteiger partial charge in [0.2, 0.25) is 0 Å². The van der Waals surface area contributed by atoms with Gasteiger partial charge in [0.05, 0.1) is 6.10 Å². The van der Waals surface area contributed by atoms with E-state index in [-0.39, 0.29) is 17.4 Å². The van der Waals surface area contributed by atoms with Gasteiger partial charge < -0.3 is 4.74 Å². The predicted molar refractivity (Wildman–Crippen MR) is 63.2 cm³/mol. The molecule has 1 aromatic carbocycles. The molecule has 1 saturated heterocycles. The van der Waals surface area contributed by atoms with Gasteiger partial charge in [0.1, 0.15) is 0 Å². The van der Waals surface area contributed by atoms with Gasteiger partial charge in [-0.1, -0.05) is 6.07 Å². The van der Waals surface area contributed by atoms with E-state index in [1.54, 1.807) is 6.07 Å². The summed E-state index contributed by atoms with van der Waals surface area (Å²) < 4.78 is 31.3. The number of ether oxygens (including phenoxy) is 1. The van der Waals surface area contributed by atoms with Crippen LogP contribution in [0.4, 0.5) is 8.78 Å². The quantitative estimate of drug-likeness (QED) is 0.756. The Labute approximate surface area is 105 Å². The highest BCUT2D eigenvalue weighted by atomic mass is 35.5. The molecule has 1 aliphatic heterocycles. The summed E-state index contributed by atoms with van der Waals surface area (Å²) in [4.78, 5) is 0. The Morgan fingerprint density at radius 2 is 2.18 bits per heavy atom. The predicted octanol–water partition coefficient (Wildman–Crippen LogP) is 3.54. The Hall–Kier alpha value is -0.670. The van der Waals surface area contributed by atoms with Crippen LogP contribution in [0.15, 0.2) is 18.2 Å². The number of alkyl halides is 1. The van der Waals surface area contributed by atoms with Crippen LogP contribution in [0.3, 0.4) is 0 Å². The lowest BCUT2D eigenvalue weighted by Gasteiger charge is -2.20. The maximum Gasteiger partial charge on any atom is 0.159 e. The molecule has 1 fully saturated rings. The molecule has 2 rings (SSSR count). The van der Waals surface area contributed by atoms with Crippen molar-refractivity contribution in [3.63, 3.8) is 0 Å². The Morgan fingerprint density at radius 3 is 2.76 bits per heavy atom. The molecule has 1 aromatic rings. The molecule has 0 N–H and O–H groups in total. The Kier molecular flexibility index (Phi) is 4.00. The molecule has 0 aliphatic carbocycles. The first-order valence-corrected chi connectivity index (χ1v) is 6.21. The van der Waals surface area contributed by atoms with E-state index >= 15 is 0 Å².